The van der Waals surface area contributed by atoms with Gasteiger partial charge in [-0.2, -0.15) is 0 Å². The fraction of sp³-hybridized carbons (Fsp3) is 0.588. The van der Waals surface area contributed by atoms with Gasteiger partial charge in [-0.1, -0.05) is 0 Å². The molecule has 1 aliphatic rings. The summed E-state index contributed by atoms with van der Waals surface area (Å²) in [7, 11) is 0. The zero-order valence-corrected chi connectivity index (χ0v) is 14.6. The maximum absolute atomic E-state index is 12.3. The topological polar surface area (TPSA) is 101 Å². The maximum atomic E-state index is 12.3. The van der Waals surface area contributed by atoms with Crippen molar-refractivity contribution in [2.75, 3.05) is 32.8 Å². The van der Waals surface area contributed by atoms with Crippen molar-refractivity contribution in [2.45, 2.75) is 32.4 Å². The molecule has 0 spiro atoms. The van der Waals surface area contributed by atoms with Gasteiger partial charge in [0.15, 0.2) is 5.78 Å². The molecule has 1 aromatic rings. The van der Waals surface area contributed by atoms with Gasteiger partial charge in [0.1, 0.15) is 11.8 Å². The van der Waals surface area contributed by atoms with Crippen LogP contribution in [0, 0.1) is 0 Å². The summed E-state index contributed by atoms with van der Waals surface area (Å²) in [6.07, 6.45) is 1.80. The molecule has 8 nitrogen and oxygen atoms in total. The number of nitrogens with zero attached hydrogens (tertiary/aromatic N) is 1. The highest BCUT2D eigenvalue weighted by atomic mass is 16.5. The second kappa shape index (κ2) is 9.33. The van der Waals surface area contributed by atoms with Gasteiger partial charge in [0, 0.05) is 19.5 Å². The van der Waals surface area contributed by atoms with Crippen LogP contribution in [0.5, 0.6) is 0 Å². The van der Waals surface area contributed by atoms with Crippen LogP contribution in [-0.4, -0.2) is 67.4 Å². The number of Topliss-reactive ketones (excluding diaryl/α,β-unsaturated/α-hetero) is 1. The fourth-order valence-electron chi connectivity index (χ4n) is 2.54. The van der Waals surface area contributed by atoms with Crippen molar-refractivity contribution in [1.29, 1.82) is 0 Å². The largest absolute Gasteiger partial charge is 0.469 e. The number of carbonyl (C=O) groups excluding carboxylic acids is 3. The van der Waals surface area contributed by atoms with E-state index in [2.05, 4.69) is 10.6 Å². The fourth-order valence-corrected chi connectivity index (χ4v) is 2.54. The van der Waals surface area contributed by atoms with E-state index in [-0.39, 0.29) is 24.7 Å². The summed E-state index contributed by atoms with van der Waals surface area (Å²) in [5, 5.41) is 5.33. The smallest absolute Gasteiger partial charge is 0.242 e. The molecule has 2 rings (SSSR count). The van der Waals surface area contributed by atoms with E-state index < -0.39 is 18.0 Å². The third kappa shape index (κ3) is 6.32. The summed E-state index contributed by atoms with van der Waals surface area (Å²) >= 11 is 0. The predicted molar refractivity (Wildman–Crippen MR) is 89.9 cm³/mol. The van der Waals surface area contributed by atoms with Gasteiger partial charge >= 0.3 is 0 Å². The molecule has 2 atom stereocenters. The van der Waals surface area contributed by atoms with E-state index in [1.807, 2.05) is 4.90 Å². The van der Waals surface area contributed by atoms with Gasteiger partial charge in [0.25, 0.3) is 0 Å². The Kier molecular flexibility index (Phi) is 7.15. The molecule has 0 aromatic carbocycles. The molecule has 1 aliphatic heterocycles. The minimum absolute atomic E-state index is 0.170. The molecule has 2 heterocycles. The monoisotopic (exact) mass is 351 g/mol. The molecular weight excluding hydrogens is 326 g/mol. The van der Waals surface area contributed by atoms with Gasteiger partial charge in [-0.25, -0.2) is 0 Å². The number of morpholine rings is 1. The van der Waals surface area contributed by atoms with Crippen LogP contribution in [0.25, 0.3) is 0 Å². The van der Waals surface area contributed by atoms with Crippen LogP contribution in [-0.2, 0) is 25.5 Å². The van der Waals surface area contributed by atoms with Crippen LogP contribution < -0.4 is 10.6 Å². The third-order valence-electron chi connectivity index (χ3n) is 4.03. The van der Waals surface area contributed by atoms with Crippen LogP contribution in [0.2, 0.25) is 0 Å². The zero-order chi connectivity index (χ0) is 18.2. The minimum atomic E-state index is -0.730. The van der Waals surface area contributed by atoms with Gasteiger partial charge in [-0.3, -0.25) is 19.3 Å². The van der Waals surface area contributed by atoms with E-state index in [9.17, 15) is 14.4 Å². The van der Waals surface area contributed by atoms with Crippen LogP contribution in [0.3, 0.4) is 0 Å². The first-order valence-electron chi connectivity index (χ1n) is 8.38. The van der Waals surface area contributed by atoms with E-state index in [0.29, 0.717) is 32.1 Å². The Balaban J connectivity index is 1.80. The summed E-state index contributed by atoms with van der Waals surface area (Å²) in [5.41, 5.74) is 0. The molecule has 1 fully saturated rings. The number of amides is 2. The van der Waals surface area contributed by atoms with Crippen LogP contribution in [0.15, 0.2) is 22.8 Å². The van der Waals surface area contributed by atoms with Crippen molar-refractivity contribution in [2.24, 2.45) is 0 Å². The SMILES string of the molecule is CC(=O)C(Cc1ccco1)NC(=O)C(C)NC(=O)CN1CCOCC1. The quantitative estimate of drug-likeness (QED) is 0.669. The molecule has 2 N–H and O–H groups in total. The minimum Gasteiger partial charge on any atom is -0.469 e. The number of carbonyl (C=O) groups is 3. The molecule has 8 heteroatoms. The summed E-state index contributed by atoms with van der Waals surface area (Å²) < 4.78 is 10.4. The molecule has 25 heavy (non-hydrogen) atoms. The molecule has 2 unspecified atom stereocenters. The van der Waals surface area contributed by atoms with Crippen LogP contribution in [0.4, 0.5) is 0 Å². The van der Waals surface area contributed by atoms with Crippen molar-refractivity contribution in [3.63, 3.8) is 0 Å². The first-order chi connectivity index (χ1) is 12.0. The molecule has 0 radical (unpaired) electrons. The third-order valence-corrected chi connectivity index (χ3v) is 4.03. The number of ketones is 1. The van der Waals surface area contributed by atoms with Crippen molar-refractivity contribution in [3.05, 3.63) is 24.2 Å². The molecule has 1 saturated heterocycles. The Labute approximate surface area is 146 Å². The number of hydrogen-bond acceptors (Lipinski definition) is 6. The summed E-state index contributed by atoms with van der Waals surface area (Å²) in [6, 6.07) is 2.06. The standard InChI is InChI=1S/C17H25N3O5/c1-12(18-16(22)11-20-5-8-24-9-6-20)17(23)19-15(13(2)21)10-14-4-3-7-25-14/h3-4,7,12,15H,5-6,8-11H2,1-2H3,(H,18,22)(H,19,23). The second-order valence-corrected chi connectivity index (χ2v) is 6.13. The molecule has 1 aromatic heterocycles. The van der Waals surface area contributed by atoms with E-state index in [0.717, 1.165) is 0 Å². The van der Waals surface area contributed by atoms with E-state index in [1.54, 1.807) is 19.1 Å². The average molecular weight is 351 g/mol. The number of rotatable bonds is 8. The van der Waals surface area contributed by atoms with Crippen LogP contribution in [0.1, 0.15) is 19.6 Å². The van der Waals surface area contributed by atoms with Crippen molar-refractivity contribution in [3.8, 4) is 0 Å². The Morgan fingerprint density at radius 3 is 2.56 bits per heavy atom. The highest BCUT2D eigenvalue weighted by Gasteiger charge is 2.24. The number of hydrogen-bond donors (Lipinski definition) is 2. The molecule has 2 amide bonds. The first-order valence-corrected chi connectivity index (χ1v) is 8.38. The van der Waals surface area contributed by atoms with Crippen molar-refractivity contribution in [1.82, 2.24) is 15.5 Å². The van der Waals surface area contributed by atoms with Crippen LogP contribution >= 0.6 is 0 Å². The lowest BCUT2D eigenvalue weighted by atomic mass is 10.1. The first kappa shape index (κ1) is 19.1. The Bertz CT molecular complexity index is 581. The lowest BCUT2D eigenvalue weighted by Gasteiger charge is -2.26. The molecule has 0 bridgehead atoms. The Hall–Kier alpha value is -2.19. The van der Waals surface area contributed by atoms with Crippen molar-refractivity contribution >= 4 is 17.6 Å². The Morgan fingerprint density at radius 1 is 1.24 bits per heavy atom. The zero-order valence-electron chi connectivity index (χ0n) is 14.6. The van der Waals surface area contributed by atoms with E-state index in [1.165, 1.54) is 13.2 Å². The number of ether oxygens (including phenoxy) is 1. The lowest BCUT2D eigenvalue weighted by Crippen LogP contribution is -2.52. The molecule has 0 saturated carbocycles. The van der Waals surface area contributed by atoms with Gasteiger partial charge < -0.3 is 19.8 Å². The normalized spacial score (nSPS) is 17.5. The highest BCUT2D eigenvalue weighted by molar-refractivity contribution is 5.92. The number of furan rings is 1. The van der Waals surface area contributed by atoms with Crippen molar-refractivity contribution < 1.29 is 23.5 Å². The van der Waals surface area contributed by atoms with Gasteiger partial charge in [0.05, 0.1) is 32.1 Å². The summed E-state index contributed by atoms with van der Waals surface area (Å²) in [6.45, 7) is 5.84. The van der Waals surface area contributed by atoms with E-state index in [4.69, 9.17) is 9.15 Å². The highest BCUT2D eigenvalue weighted by Crippen LogP contribution is 2.05. The lowest BCUT2D eigenvalue weighted by molar-refractivity contribution is -0.131. The molecule has 138 valence electrons. The van der Waals surface area contributed by atoms with Gasteiger partial charge in [0.2, 0.25) is 11.8 Å². The Morgan fingerprint density at radius 2 is 1.96 bits per heavy atom. The molecule has 0 aliphatic carbocycles. The predicted octanol–water partition coefficient (Wildman–Crippen LogP) is -0.267. The second-order valence-electron chi connectivity index (χ2n) is 6.13. The number of nitrogens with one attached hydrogen (secondary N) is 2. The van der Waals surface area contributed by atoms with Gasteiger partial charge in [-0.05, 0) is 26.0 Å². The average Bonchev–Trinajstić information content (AvgIpc) is 3.07. The van der Waals surface area contributed by atoms with E-state index >= 15 is 0 Å². The summed E-state index contributed by atoms with van der Waals surface area (Å²) in [4.78, 5) is 38.0. The maximum Gasteiger partial charge on any atom is 0.242 e. The van der Waals surface area contributed by atoms with Gasteiger partial charge in [-0.15, -0.1) is 0 Å². The summed E-state index contributed by atoms with van der Waals surface area (Å²) in [5.74, 6) is -0.182. The molecular formula is C17H25N3O5.